The molecule has 0 aliphatic heterocycles. The summed E-state index contributed by atoms with van der Waals surface area (Å²) in [6.45, 7) is 7.89. The Bertz CT molecular complexity index is 559. The molecule has 19 heavy (non-hydrogen) atoms. The van der Waals surface area contributed by atoms with Gasteiger partial charge in [0.15, 0.2) is 0 Å². The molecule has 0 aromatic heterocycles. The zero-order chi connectivity index (χ0) is 13.7. The van der Waals surface area contributed by atoms with E-state index in [0.29, 0.717) is 0 Å². The van der Waals surface area contributed by atoms with Gasteiger partial charge < -0.3 is 11.1 Å². The summed E-state index contributed by atoms with van der Waals surface area (Å²) in [5.41, 5.74) is 11.3. The molecule has 0 atom stereocenters. The van der Waals surface area contributed by atoms with Crippen LogP contribution < -0.4 is 11.1 Å². The molecular weight excluding hydrogens is 232 g/mol. The topological polar surface area (TPSA) is 38.0 Å². The quantitative estimate of drug-likeness (QED) is 0.798. The van der Waals surface area contributed by atoms with Crippen LogP contribution in [0.4, 0.5) is 5.69 Å². The van der Waals surface area contributed by atoms with Crippen LogP contribution >= 0.6 is 0 Å². The highest BCUT2D eigenvalue weighted by atomic mass is 14.8. The minimum Gasteiger partial charge on any atom is -0.398 e. The average molecular weight is 252 g/mol. The molecule has 2 rings (SSSR count). The molecule has 3 N–H and O–H groups in total. The Morgan fingerprint density at radius 1 is 1.11 bits per heavy atom. The number of rotatable bonds is 5. The van der Waals surface area contributed by atoms with Crippen LogP contribution in [0.3, 0.4) is 0 Å². The second-order valence-electron chi connectivity index (χ2n) is 4.55. The second kappa shape index (κ2) is 6.21. The van der Waals surface area contributed by atoms with Gasteiger partial charge in [0, 0.05) is 17.8 Å². The number of benzene rings is 2. The Kier molecular flexibility index (Phi) is 4.37. The van der Waals surface area contributed by atoms with Crippen molar-refractivity contribution in [3.63, 3.8) is 0 Å². The van der Waals surface area contributed by atoms with Gasteiger partial charge in [-0.05, 0) is 35.4 Å². The van der Waals surface area contributed by atoms with Crippen molar-refractivity contribution in [3.8, 4) is 11.1 Å². The van der Waals surface area contributed by atoms with Gasteiger partial charge in [-0.1, -0.05) is 49.9 Å². The second-order valence-corrected chi connectivity index (χ2v) is 4.55. The predicted molar refractivity (Wildman–Crippen MR) is 83.9 cm³/mol. The van der Waals surface area contributed by atoms with E-state index >= 15 is 0 Å². The molecule has 0 bridgehead atoms. The van der Waals surface area contributed by atoms with E-state index in [1.807, 2.05) is 24.3 Å². The minimum absolute atomic E-state index is 0.763. The molecule has 2 nitrogen and oxygen atoms in total. The molecule has 0 spiro atoms. The molecule has 98 valence electrons. The van der Waals surface area contributed by atoms with Gasteiger partial charge in [0.25, 0.3) is 0 Å². The summed E-state index contributed by atoms with van der Waals surface area (Å²) in [6, 6.07) is 16.4. The van der Waals surface area contributed by atoms with Crippen LogP contribution in [0.5, 0.6) is 0 Å². The van der Waals surface area contributed by atoms with Gasteiger partial charge >= 0.3 is 0 Å². The minimum atomic E-state index is 0.763. The summed E-state index contributed by atoms with van der Waals surface area (Å²) in [5, 5.41) is 3.28. The van der Waals surface area contributed by atoms with Crippen molar-refractivity contribution < 1.29 is 0 Å². The van der Waals surface area contributed by atoms with Crippen LogP contribution in [0, 0.1) is 0 Å². The Morgan fingerprint density at radius 2 is 1.84 bits per heavy atom. The van der Waals surface area contributed by atoms with Crippen molar-refractivity contribution in [2.75, 3.05) is 18.8 Å². The van der Waals surface area contributed by atoms with E-state index in [9.17, 15) is 0 Å². The third kappa shape index (κ3) is 3.24. The normalized spacial score (nSPS) is 10.4. The fourth-order valence-corrected chi connectivity index (χ4v) is 2.04. The van der Waals surface area contributed by atoms with Crippen molar-refractivity contribution in [3.05, 3.63) is 60.7 Å². The Hall–Kier alpha value is -2.06. The van der Waals surface area contributed by atoms with Crippen LogP contribution in [0.25, 0.3) is 16.7 Å². The maximum Gasteiger partial charge on any atom is 0.0391 e. The van der Waals surface area contributed by atoms with Crippen molar-refractivity contribution in [2.24, 2.45) is 0 Å². The molecular formula is C17H20N2. The van der Waals surface area contributed by atoms with E-state index in [0.717, 1.165) is 29.9 Å². The van der Waals surface area contributed by atoms with Gasteiger partial charge in [0.05, 0.1) is 0 Å². The number of anilines is 1. The first-order chi connectivity index (χ1) is 9.22. The molecule has 2 heteroatoms. The summed E-state index contributed by atoms with van der Waals surface area (Å²) in [4.78, 5) is 0. The number of nitrogen functional groups attached to an aromatic ring is 1. The lowest BCUT2D eigenvalue weighted by Gasteiger charge is -2.12. The first kappa shape index (κ1) is 13.4. The van der Waals surface area contributed by atoms with Crippen LogP contribution in [0.2, 0.25) is 0 Å². The van der Waals surface area contributed by atoms with Crippen molar-refractivity contribution >= 4 is 11.3 Å². The van der Waals surface area contributed by atoms with Gasteiger partial charge in [-0.15, -0.1) is 0 Å². The Balaban J connectivity index is 2.32. The molecule has 0 saturated heterocycles. The van der Waals surface area contributed by atoms with Crippen LogP contribution in [-0.4, -0.2) is 13.1 Å². The first-order valence-electron chi connectivity index (χ1n) is 6.56. The zero-order valence-electron chi connectivity index (χ0n) is 11.3. The fraction of sp³-hybridized carbons (Fsp3) is 0.176. The highest BCUT2D eigenvalue weighted by Gasteiger charge is 2.06. The molecule has 0 radical (unpaired) electrons. The third-order valence-corrected chi connectivity index (χ3v) is 3.13. The summed E-state index contributed by atoms with van der Waals surface area (Å²) in [7, 11) is 0. The SMILES string of the molecule is C=C(CNCC)c1cc(-c2ccccc2)ccc1N. The molecule has 0 heterocycles. The highest BCUT2D eigenvalue weighted by Crippen LogP contribution is 2.27. The van der Waals surface area contributed by atoms with Crippen molar-refractivity contribution in [1.82, 2.24) is 5.32 Å². The van der Waals surface area contributed by atoms with Gasteiger partial charge in [-0.25, -0.2) is 0 Å². The van der Waals surface area contributed by atoms with E-state index in [1.165, 1.54) is 11.1 Å². The summed E-state index contributed by atoms with van der Waals surface area (Å²) >= 11 is 0. The van der Waals surface area contributed by atoms with E-state index in [4.69, 9.17) is 5.73 Å². The molecule has 0 amide bonds. The van der Waals surface area contributed by atoms with E-state index in [-0.39, 0.29) is 0 Å². The smallest absolute Gasteiger partial charge is 0.0391 e. The third-order valence-electron chi connectivity index (χ3n) is 3.13. The van der Waals surface area contributed by atoms with Crippen LogP contribution in [0.15, 0.2) is 55.1 Å². The van der Waals surface area contributed by atoms with Crippen LogP contribution in [-0.2, 0) is 0 Å². The lowest BCUT2D eigenvalue weighted by molar-refractivity contribution is 0.808. The number of nitrogens with one attached hydrogen (secondary N) is 1. The molecule has 0 saturated carbocycles. The lowest BCUT2D eigenvalue weighted by Crippen LogP contribution is -2.15. The Labute approximate surface area is 115 Å². The van der Waals surface area contributed by atoms with Gasteiger partial charge in [0.2, 0.25) is 0 Å². The molecule has 0 fully saturated rings. The number of hydrogen-bond acceptors (Lipinski definition) is 2. The summed E-state index contributed by atoms with van der Waals surface area (Å²) in [5.74, 6) is 0. The summed E-state index contributed by atoms with van der Waals surface area (Å²) < 4.78 is 0. The molecule has 2 aromatic rings. The largest absolute Gasteiger partial charge is 0.398 e. The van der Waals surface area contributed by atoms with Gasteiger partial charge in [0.1, 0.15) is 0 Å². The first-order valence-corrected chi connectivity index (χ1v) is 6.56. The predicted octanol–water partition coefficient (Wildman–Crippen LogP) is 3.56. The van der Waals surface area contributed by atoms with Crippen molar-refractivity contribution in [2.45, 2.75) is 6.92 Å². The number of hydrogen-bond donors (Lipinski definition) is 2. The number of nitrogens with two attached hydrogens (primary N) is 1. The van der Waals surface area contributed by atoms with Gasteiger partial charge in [-0.3, -0.25) is 0 Å². The summed E-state index contributed by atoms with van der Waals surface area (Å²) in [6.07, 6.45) is 0. The lowest BCUT2D eigenvalue weighted by atomic mass is 9.98. The highest BCUT2D eigenvalue weighted by molar-refractivity contribution is 5.79. The number of likely N-dealkylation sites (N-methyl/N-ethyl adjacent to an activating group) is 1. The standard InChI is InChI=1S/C17H20N2/c1-3-19-12-13(2)16-11-15(9-10-17(16)18)14-7-5-4-6-8-14/h4-11,19H,2-3,12,18H2,1H3. The van der Waals surface area contributed by atoms with E-state index in [1.54, 1.807) is 0 Å². The monoisotopic (exact) mass is 252 g/mol. The molecule has 0 unspecified atom stereocenters. The van der Waals surface area contributed by atoms with E-state index < -0.39 is 0 Å². The van der Waals surface area contributed by atoms with Crippen molar-refractivity contribution in [1.29, 1.82) is 0 Å². The maximum atomic E-state index is 6.05. The fourth-order valence-electron chi connectivity index (χ4n) is 2.04. The zero-order valence-corrected chi connectivity index (χ0v) is 11.3. The molecule has 0 aliphatic carbocycles. The molecule has 0 aliphatic rings. The molecule has 2 aromatic carbocycles. The average Bonchev–Trinajstić information content (AvgIpc) is 2.46. The maximum absolute atomic E-state index is 6.05. The van der Waals surface area contributed by atoms with E-state index in [2.05, 4.69) is 43.1 Å². The van der Waals surface area contributed by atoms with Gasteiger partial charge in [-0.2, -0.15) is 0 Å². The van der Waals surface area contributed by atoms with Crippen LogP contribution in [0.1, 0.15) is 12.5 Å². The Morgan fingerprint density at radius 3 is 2.53 bits per heavy atom.